The van der Waals surface area contributed by atoms with Gasteiger partial charge in [0.2, 0.25) is 0 Å². The minimum Gasteiger partial charge on any atom is -0.373 e. The number of hydrogen-bond acceptors (Lipinski definition) is 3. The molecule has 126 valence electrons. The van der Waals surface area contributed by atoms with Crippen LogP contribution in [0.25, 0.3) is 0 Å². The second-order valence-corrected chi connectivity index (χ2v) is 6.63. The fourth-order valence-corrected chi connectivity index (χ4v) is 3.52. The number of nitrogens with zero attached hydrogens (tertiary/aromatic N) is 1. The van der Waals surface area contributed by atoms with Crippen molar-refractivity contribution in [2.45, 2.75) is 31.4 Å². The van der Waals surface area contributed by atoms with E-state index in [0.29, 0.717) is 19.1 Å². The summed E-state index contributed by atoms with van der Waals surface area (Å²) in [5, 5.41) is 6.51. The predicted molar refractivity (Wildman–Crippen MR) is 90.9 cm³/mol. The number of carbonyl (C=O) groups is 1. The molecule has 1 aromatic rings. The Balaban J connectivity index is 1.33. The van der Waals surface area contributed by atoms with Crippen LogP contribution in [0.15, 0.2) is 24.3 Å². The fourth-order valence-electron chi connectivity index (χ4n) is 3.29. The molecule has 0 aromatic heterocycles. The number of benzene rings is 1. The molecule has 2 heterocycles. The van der Waals surface area contributed by atoms with Gasteiger partial charge in [0.15, 0.2) is 0 Å². The first-order valence-electron chi connectivity index (χ1n) is 8.33. The Morgan fingerprint density at radius 1 is 1.35 bits per heavy atom. The first-order valence-corrected chi connectivity index (χ1v) is 8.71. The average Bonchev–Trinajstić information content (AvgIpc) is 3.02. The lowest BCUT2D eigenvalue weighted by atomic mass is 10.1. The zero-order chi connectivity index (χ0) is 16.1. The van der Waals surface area contributed by atoms with Gasteiger partial charge in [-0.25, -0.2) is 4.79 Å². The van der Waals surface area contributed by atoms with E-state index < -0.39 is 0 Å². The maximum Gasteiger partial charge on any atom is 0.314 e. The van der Waals surface area contributed by atoms with Crippen molar-refractivity contribution in [2.24, 2.45) is 0 Å². The van der Waals surface area contributed by atoms with Crippen LogP contribution in [0.1, 0.15) is 18.4 Å². The zero-order valence-electron chi connectivity index (χ0n) is 13.3. The summed E-state index contributed by atoms with van der Waals surface area (Å²) in [6, 6.07) is 8.14. The predicted octanol–water partition coefficient (Wildman–Crippen LogP) is 2.04. The molecule has 0 bridgehead atoms. The summed E-state index contributed by atoms with van der Waals surface area (Å²) < 4.78 is 5.83. The Hall–Kier alpha value is -1.30. The van der Waals surface area contributed by atoms with Crippen molar-refractivity contribution in [1.29, 1.82) is 0 Å². The second-order valence-electron chi connectivity index (χ2n) is 6.22. The second kappa shape index (κ2) is 7.99. The molecule has 0 radical (unpaired) electrons. The van der Waals surface area contributed by atoms with Crippen molar-refractivity contribution in [3.63, 3.8) is 0 Å². The van der Waals surface area contributed by atoms with Crippen molar-refractivity contribution in [2.75, 3.05) is 32.8 Å². The SMILES string of the molecule is O=C(NCCc1ccccc1Cl)NC[C@@H]1CN2CCC[C@@H]2CO1. The van der Waals surface area contributed by atoms with E-state index in [1.165, 1.54) is 12.8 Å². The lowest BCUT2D eigenvalue weighted by Gasteiger charge is -2.35. The maximum absolute atomic E-state index is 11.9. The largest absolute Gasteiger partial charge is 0.373 e. The van der Waals surface area contributed by atoms with Gasteiger partial charge < -0.3 is 15.4 Å². The van der Waals surface area contributed by atoms with Crippen LogP contribution < -0.4 is 10.6 Å². The van der Waals surface area contributed by atoms with Gasteiger partial charge in [-0.2, -0.15) is 0 Å². The molecule has 1 aromatic carbocycles. The lowest BCUT2D eigenvalue weighted by Crippen LogP contribution is -2.51. The van der Waals surface area contributed by atoms with Crippen molar-refractivity contribution >= 4 is 17.6 Å². The zero-order valence-corrected chi connectivity index (χ0v) is 14.0. The van der Waals surface area contributed by atoms with Crippen LogP contribution in [0, 0.1) is 0 Å². The molecule has 23 heavy (non-hydrogen) atoms. The molecule has 2 N–H and O–H groups in total. The molecule has 2 amide bonds. The van der Waals surface area contributed by atoms with Gasteiger partial charge in [-0.15, -0.1) is 0 Å². The van der Waals surface area contributed by atoms with E-state index in [1.54, 1.807) is 0 Å². The van der Waals surface area contributed by atoms with Crippen molar-refractivity contribution in [1.82, 2.24) is 15.5 Å². The molecule has 2 aliphatic heterocycles. The van der Waals surface area contributed by atoms with Crippen LogP contribution in [0.4, 0.5) is 4.79 Å². The lowest BCUT2D eigenvalue weighted by molar-refractivity contribution is -0.0457. The summed E-state index contributed by atoms with van der Waals surface area (Å²) in [6.45, 7) is 4.00. The summed E-state index contributed by atoms with van der Waals surface area (Å²) in [4.78, 5) is 14.3. The highest BCUT2D eigenvalue weighted by Crippen LogP contribution is 2.22. The van der Waals surface area contributed by atoms with Gasteiger partial charge in [0.25, 0.3) is 0 Å². The highest BCUT2D eigenvalue weighted by Gasteiger charge is 2.32. The number of fused-ring (bicyclic) bond motifs is 1. The van der Waals surface area contributed by atoms with Crippen LogP contribution >= 0.6 is 11.6 Å². The third-order valence-electron chi connectivity index (χ3n) is 4.59. The molecular weight excluding hydrogens is 314 g/mol. The molecule has 5 nitrogen and oxygen atoms in total. The molecule has 0 spiro atoms. The van der Waals surface area contributed by atoms with E-state index in [1.807, 2.05) is 24.3 Å². The van der Waals surface area contributed by atoms with Gasteiger partial charge >= 0.3 is 6.03 Å². The number of ether oxygens (including phenoxy) is 1. The Morgan fingerprint density at radius 2 is 2.22 bits per heavy atom. The third-order valence-corrected chi connectivity index (χ3v) is 4.96. The normalized spacial score (nSPS) is 24.2. The number of carbonyl (C=O) groups excluding carboxylic acids is 1. The monoisotopic (exact) mass is 337 g/mol. The van der Waals surface area contributed by atoms with E-state index in [4.69, 9.17) is 16.3 Å². The van der Waals surface area contributed by atoms with Gasteiger partial charge in [0.05, 0.1) is 12.7 Å². The van der Waals surface area contributed by atoms with E-state index in [0.717, 1.165) is 36.7 Å². The highest BCUT2D eigenvalue weighted by molar-refractivity contribution is 6.31. The van der Waals surface area contributed by atoms with Crippen molar-refractivity contribution in [3.8, 4) is 0 Å². The summed E-state index contributed by atoms with van der Waals surface area (Å²) in [6.07, 6.45) is 3.32. The first kappa shape index (κ1) is 16.6. The van der Waals surface area contributed by atoms with Gasteiger partial charge in [0.1, 0.15) is 0 Å². The van der Waals surface area contributed by atoms with Crippen molar-refractivity contribution < 1.29 is 9.53 Å². The number of urea groups is 1. The molecule has 6 heteroatoms. The van der Waals surface area contributed by atoms with Gasteiger partial charge in [0, 0.05) is 30.7 Å². The summed E-state index contributed by atoms with van der Waals surface area (Å²) >= 11 is 6.10. The Bertz CT molecular complexity index is 540. The molecule has 0 saturated carbocycles. The highest BCUT2D eigenvalue weighted by atomic mass is 35.5. The number of hydrogen-bond donors (Lipinski definition) is 2. The summed E-state index contributed by atoms with van der Waals surface area (Å²) in [5.74, 6) is 0. The third kappa shape index (κ3) is 4.59. The maximum atomic E-state index is 11.9. The summed E-state index contributed by atoms with van der Waals surface area (Å²) in [7, 11) is 0. The number of halogens is 1. The van der Waals surface area contributed by atoms with E-state index >= 15 is 0 Å². The van der Waals surface area contributed by atoms with Crippen LogP contribution in [-0.2, 0) is 11.2 Å². The van der Waals surface area contributed by atoms with E-state index in [2.05, 4.69) is 15.5 Å². The molecule has 0 unspecified atom stereocenters. The minimum atomic E-state index is -0.149. The number of amides is 2. The van der Waals surface area contributed by atoms with Crippen LogP contribution in [-0.4, -0.2) is 55.9 Å². The van der Waals surface area contributed by atoms with Crippen LogP contribution in [0.5, 0.6) is 0 Å². The molecular formula is C17H24ClN3O2. The fraction of sp³-hybridized carbons (Fsp3) is 0.588. The van der Waals surface area contributed by atoms with Gasteiger partial charge in [-0.1, -0.05) is 29.8 Å². The Labute approximate surface area is 142 Å². The van der Waals surface area contributed by atoms with E-state index in [-0.39, 0.29) is 12.1 Å². The van der Waals surface area contributed by atoms with Crippen LogP contribution in [0.3, 0.4) is 0 Å². The van der Waals surface area contributed by atoms with Gasteiger partial charge in [-0.3, -0.25) is 4.90 Å². The topological polar surface area (TPSA) is 53.6 Å². The number of rotatable bonds is 5. The first-order chi connectivity index (χ1) is 11.2. The Morgan fingerprint density at radius 3 is 3.09 bits per heavy atom. The minimum absolute atomic E-state index is 0.0960. The smallest absolute Gasteiger partial charge is 0.314 e. The quantitative estimate of drug-likeness (QED) is 0.864. The molecule has 2 saturated heterocycles. The number of morpholine rings is 1. The number of nitrogens with one attached hydrogen (secondary N) is 2. The molecule has 2 fully saturated rings. The Kier molecular flexibility index (Phi) is 5.75. The van der Waals surface area contributed by atoms with Gasteiger partial charge in [-0.05, 0) is 37.4 Å². The summed E-state index contributed by atoms with van der Waals surface area (Å²) in [5.41, 5.74) is 1.05. The molecule has 2 aliphatic rings. The van der Waals surface area contributed by atoms with E-state index in [9.17, 15) is 4.79 Å². The van der Waals surface area contributed by atoms with Crippen LogP contribution in [0.2, 0.25) is 5.02 Å². The molecule has 2 atom stereocenters. The van der Waals surface area contributed by atoms with Crippen molar-refractivity contribution in [3.05, 3.63) is 34.9 Å². The average molecular weight is 338 g/mol. The standard InChI is InChI=1S/C17H24ClN3O2/c18-16-6-2-1-4-13(16)7-8-19-17(22)20-10-15-11-21-9-3-5-14(21)12-23-15/h1-2,4,6,14-15H,3,5,7-12H2,(H2,19,20,22)/t14-,15-/m1/s1. The molecule has 3 rings (SSSR count). The molecule has 0 aliphatic carbocycles.